The second-order valence-corrected chi connectivity index (χ2v) is 5.47. The maximum Gasteiger partial charge on any atom is 0.433 e. The van der Waals surface area contributed by atoms with Crippen molar-refractivity contribution in [3.8, 4) is 0 Å². The van der Waals surface area contributed by atoms with Gasteiger partial charge in [-0.3, -0.25) is 0 Å². The summed E-state index contributed by atoms with van der Waals surface area (Å²) < 4.78 is 37.6. The van der Waals surface area contributed by atoms with Crippen LogP contribution < -0.4 is 11.1 Å². The number of hydrogen-bond acceptors (Lipinski definition) is 4. The van der Waals surface area contributed by atoms with Gasteiger partial charge in [-0.1, -0.05) is 12.8 Å². The summed E-state index contributed by atoms with van der Waals surface area (Å²) in [7, 11) is 0. The van der Waals surface area contributed by atoms with Crippen molar-refractivity contribution >= 4 is 23.1 Å². The van der Waals surface area contributed by atoms with Gasteiger partial charge in [-0.2, -0.15) is 24.9 Å². The van der Waals surface area contributed by atoms with E-state index in [0.29, 0.717) is 12.2 Å². The van der Waals surface area contributed by atoms with E-state index in [1.54, 1.807) is 0 Å². The number of anilines is 2. The van der Waals surface area contributed by atoms with Gasteiger partial charge in [-0.05, 0) is 30.9 Å². The molecule has 0 saturated heterocycles. The maximum absolute atomic E-state index is 12.5. The Labute approximate surface area is 121 Å². The molecule has 1 heterocycles. The Balaban J connectivity index is 2.40. The van der Waals surface area contributed by atoms with Gasteiger partial charge in [0.25, 0.3) is 0 Å². The summed E-state index contributed by atoms with van der Waals surface area (Å²) in [5.41, 5.74) is 5.23. The molecular weight excluding hydrogens is 287 g/mol. The number of halogens is 3. The predicted molar refractivity (Wildman–Crippen MR) is 79.0 cm³/mol. The van der Waals surface area contributed by atoms with Crippen LogP contribution in [0.4, 0.5) is 24.5 Å². The first-order chi connectivity index (χ1) is 9.45. The molecule has 0 fully saturated rings. The minimum absolute atomic E-state index is 0.236. The first-order valence-electron chi connectivity index (χ1n) is 6.50. The van der Waals surface area contributed by atoms with E-state index in [9.17, 15) is 13.2 Å². The Morgan fingerprint density at radius 1 is 1.25 bits per heavy atom. The fourth-order valence-electron chi connectivity index (χ4n) is 1.72. The molecule has 0 unspecified atom stereocenters. The standard InChI is InChI=1S/C13H20F3N3S/c1-20-7-5-3-2-4-6-18-11-8-12(13(14,15)16)19-9-10(11)17/h8-9H,2-7,17H2,1H3,(H,18,19). The first-order valence-corrected chi connectivity index (χ1v) is 7.90. The van der Waals surface area contributed by atoms with Crippen LogP contribution in [0.1, 0.15) is 31.4 Å². The zero-order chi connectivity index (χ0) is 15.0. The van der Waals surface area contributed by atoms with E-state index in [-0.39, 0.29) is 5.69 Å². The van der Waals surface area contributed by atoms with Gasteiger partial charge >= 0.3 is 6.18 Å². The minimum atomic E-state index is -4.44. The fourth-order valence-corrected chi connectivity index (χ4v) is 2.21. The molecule has 0 aliphatic rings. The van der Waals surface area contributed by atoms with Gasteiger partial charge in [-0.15, -0.1) is 0 Å². The van der Waals surface area contributed by atoms with Gasteiger partial charge in [0.1, 0.15) is 5.69 Å². The zero-order valence-electron chi connectivity index (χ0n) is 11.5. The van der Waals surface area contributed by atoms with Crippen LogP contribution in [-0.4, -0.2) is 23.5 Å². The third-order valence-corrected chi connectivity index (χ3v) is 3.51. The Hall–Kier alpha value is -1.11. The van der Waals surface area contributed by atoms with Crippen molar-refractivity contribution in [2.75, 3.05) is 29.6 Å². The van der Waals surface area contributed by atoms with Crippen molar-refractivity contribution in [2.45, 2.75) is 31.9 Å². The Kier molecular flexibility index (Phi) is 6.98. The zero-order valence-corrected chi connectivity index (χ0v) is 12.3. The maximum atomic E-state index is 12.5. The van der Waals surface area contributed by atoms with Crippen molar-refractivity contribution in [3.05, 3.63) is 18.0 Å². The Bertz CT molecular complexity index is 410. The molecule has 0 atom stereocenters. The number of rotatable bonds is 8. The average Bonchev–Trinajstić information content (AvgIpc) is 2.38. The Morgan fingerprint density at radius 3 is 2.60 bits per heavy atom. The van der Waals surface area contributed by atoms with Crippen molar-refractivity contribution in [2.24, 2.45) is 0 Å². The summed E-state index contributed by atoms with van der Waals surface area (Å²) in [6.07, 6.45) is 2.97. The molecule has 1 aromatic heterocycles. The Morgan fingerprint density at radius 2 is 1.95 bits per heavy atom. The quantitative estimate of drug-likeness (QED) is 0.712. The highest BCUT2D eigenvalue weighted by molar-refractivity contribution is 7.98. The number of nitrogens with one attached hydrogen (secondary N) is 1. The molecule has 0 aliphatic heterocycles. The van der Waals surface area contributed by atoms with Crippen molar-refractivity contribution in [1.29, 1.82) is 0 Å². The highest BCUT2D eigenvalue weighted by Gasteiger charge is 2.32. The topological polar surface area (TPSA) is 50.9 Å². The summed E-state index contributed by atoms with van der Waals surface area (Å²) in [6.45, 7) is 0.616. The van der Waals surface area contributed by atoms with Crippen molar-refractivity contribution in [1.82, 2.24) is 4.98 Å². The van der Waals surface area contributed by atoms with Crippen LogP contribution in [-0.2, 0) is 6.18 Å². The van der Waals surface area contributed by atoms with Crippen LogP contribution >= 0.6 is 11.8 Å². The first kappa shape index (κ1) is 16.9. The second-order valence-electron chi connectivity index (χ2n) is 4.49. The van der Waals surface area contributed by atoms with Crippen molar-refractivity contribution in [3.63, 3.8) is 0 Å². The highest BCUT2D eigenvalue weighted by Crippen LogP contribution is 2.31. The van der Waals surface area contributed by atoms with Gasteiger partial charge in [0.05, 0.1) is 17.6 Å². The van der Waals surface area contributed by atoms with Crippen LogP contribution in [0.15, 0.2) is 12.3 Å². The van der Waals surface area contributed by atoms with E-state index in [0.717, 1.165) is 37.3 Å². The molecule has 0 radical (unpaired) electrons. The molecule has 0 amide bonds. The monoisotopic (exact) mass is 307 g/mol. The number of alkyl halides is 3. The largest absolute Gasteiger partial charge is 0.433 e. The predicted octanol–water partition coefficient (Wildman–Crippen LogP) is 4.02. The average molecular weight is 307 g/mol. The number of nitrogens with two attached hydrogens (primary N) is 1. The number of pyridine rings is 1. The number of thioether (sulfide) groups is 1. The molecule has 1 aromatic rings. The highest BCUT2D eigenvalue weighted by atomic mass is 32.2. The second kappa shape index (κ2) is 8.24. The van der Waals surface area contributed by atoms with E-state index in [4.69, 9.17) is 5.73 Å². The van der Waals surface area contributed by atoms with E-state index in [2.05, 4.69) is 16.6 Å². The summed E-state index contributed by atoms with van der Waals surface area (Å²) in [6, 6.07) is 0.961. The number of nitrogens with zero attached hydrogens (tertiary/aromatic N) is 1. The molecule has 0 saturated carbocycles. The molecule has 114 valence electrons. The molecule has 7 heteroatoms. The minimum Gasteiger partial charge on any atom is -0.396 e. The molecular formula is C13H20F3N3S. The normalized spacial score (nSPS) is 11.6. The molecule has 0 aromatic carbocycles. The molecule has 3 N–H and O–H groups in total. The van der Waals surface area contributed by atoms with Crippen LogP contribution in [0, 0.1) is 0 Å². The third kappa shape index (κ3) is 5.90. The summed E-state index contributed by atoms with van der Waals surface area (Å²) in [5.74, 6) is 1.15. The SMILES string of the molecule is CSCCCCCCNc1cc(C(F)(F)F)ncc1N. The van der Waals surface area contributed by atoms with Gasteiger partial charge in [0, 0.05) is 6.54 Å². The van der Waals surface area contributed by atoms with E-state index >= 15 is 0 Å². The lowest BCUT2D eigenvalue weighted by Gasteiger charge is -2.12. The number of aromatic nitrogens is 1. The lowest BCUT2D eigenvalue weighted by atomic mass is 10.2. The molecule has 3 nitrogen and oxygen atoms in total. The van der Waals surface area contributed by atoms with E-state index < -0.39 is 11.9 Å². The number of nitrogen functional groups attached to an aromatic ring is 1. The molecule has 0 aliphatic carbocycles. The van der Waals surface area contributed by atoms with Gasteiger partial charge < -0.3 is 11.1 Å². The number of unbranched alkanes of at least 4 members (excludes halogenated alkanes) is 3. The lowest BCUT2D eigenvalue weighted by Crippen LogP contribution is -2.11. The third-order valence-electron chi connectivity index (χ3n) is 2.82. The molecule has 20 heavy (non-hydrogen) atoms. The van der Waals surface area contributed by atoms with E-state index in [1.807, 2.05) is 11.8 Å². The summed E-state index contributed by atoms with van der Waals surface area (Å²) >= 11 is 1.82. The van der Waals surface area contributed by atoms with Gasteiger partial charge in [0.2, 0.25) is 0 Å². The van der Waals surface area contributed by atoms with Gasteiger partial charge in [-0.25, -0.2) is 4.98 Å². The fraction of sp³-hybridized carbons (Fsp3) is 0.615. The smallest absolute Gasteiger partial charge is 0.396 e. The molecule has 0 bridgehead atoms. The lowest BCUT2D eigenvalue weighted by molar-refractivity contribution is -0.141. The van der Waals surface area contributed by atoms with Crippen LogP contribution in [0.5, 0.6) is 0 Å². The summed E-state index contributed by atoms with van der Waals surface area (Å²) in [5, 5.41) is 2.95. The molecule has 1 rings (SSSR count). The van der Waals surface area contributed by atoms with Crippen LogP contribution in [0.25, 0.3) is 0 Å². The van der Waals surface area contributed by atoms with Crippen LogP contribution in [0.2, 0.25) is 0 Å². The number of hydrogen-bond donors (Lipinski definition) is 2. The van der Waals surface area contributed by atoms with Gasteiger partial charge in [0.15, 0.2) is 0 Å². The molecule has 0 spiro atoms. The van der Waals surface area contributed by atoms with Crippen molar-refractivity contribution < 1.29 is 13.2 Å². The van der Waals surface area contributed by atoms with Crippen LogP contribution in [0.3, 0.4) is 0 Å². The summed E-state index contributed by atoms with van der Waals surface area (Å²) in [4.78, 5) is 3.30. The van der Waals surface area contributed by atoms with E-state index in [1.165, 1.54) is 6.42 Å².